The first-order valence-corrected chi connectivity index (χ1v) is 5.19. The Morgan fingerprint density at radius 3 is 2.50 bits per heavy atom. The zero-order valence-corrected chi connectivity index (χ0v) is 9.85. The van der Waals surface area contributed by atoms with Crippen molar-refractivity contribution in [3.05, 3.63) is 23.4 Å². The zero-order chi connectivity index (χ0) is 10.8. The fourth-order valence-corrected chi connectivity index (χ4v) is 1.53. The van der Waals surface area contributed by atoms with E-state index in [1.165, 1.54) is 11.1 Å². The molecule has 0 aromatic carbocycles. The molecule has 1 aliphatic rings. The van der Waals surface area contributed by atoms with Gasteiger partial charge in [-0.3, -0.25) is 0 Å². The molecule has 1 rings (SSSR count). The highest BCUT2D eigenvalue weighted by molar-refractivity contribution is 5.33. The van der Waals surface area contributed by atoms with Crippen LogP contribution in [0.2, 0.25) is 0 Å². The summed E-state index contributed by atoms with van der Waals surface area (Å²) < 4.78 is 5.33. The molecule has 0 aliphatic carbocycles. The summed E-state index contributed by atoms with van der Waals surface area (Å²) in [6.07, 6.45) is 5.41. The molecule has 0 aromatic heterocycles. The average Bonchev–Trinajstić information content (AvgIpc) is 2.15. The fraction of sp³-hybridized carbons (Fsp3) is 0.667. The van der Waals surface area contributed by atoms with E-state index in [1.54, 1.807) is 7.11 Å². The van der Waals surface area contributed by atoms with Crippen molar-refractivity contribution < 1.29 is 4.74 Å². The molecule has 80 valence electrons. The molecule has 0 fully saturated rings. The van der Waals surface area contributed by atoms with E-state index in [2.05, 4.69) is 45.3 Å². The summed E-state index contributed by atoms with van der Waals surface area (Å²) in [5.41, 5.74) is 2.86. The number of allylic oxidation sites excluding steroid dienone is 2. The first-order chi connectivity index (χ1) is 6.49. The molecule has 0 saturated heterocycles. The Hall–Kier alpha value is -0.760. The number of hydrogen-bond donors (Lipinski definition) is 1. The molecule has 1 aliphatic heterocycles. The van der Waals surface area contributed by atoms with Crippen molar-refractivity contribution in [2.45, 2.75) is 40.3 Å². The molecule has 14 heavy (non-hydrogen) atoms. The van der Waals surface area contributed by atoms with Crippen LogP contribution in [0.25, 0.3) is 0 Å². The minimum Gasteiger partial charge on any atom is -0.362 e. The van der Waals surface area contributed by atoms with Gasteiger partial charge in [0.2, 0.25) is 0 Å². The molecule has 1 atom stereocenters. The number of rotatable bonds is 2. The van der Waals surface area contributed by atoms with Crippen molar-refractivity contribution in [3.8, 4) is 0 Å². The molecule has 1 N–H and O–H groups in total. The lowest BCUT2D eigenvalue weighted by Crippen LogP contribution is -2.32. The molecule has 2 nitrogen and oxygen atoms in total. The first-order valence-electron chi connectivity index (χ1n) is 5.19. The maximum Gasteiger partial charge on any atom is 0.149 e. The summed E-state index contributed by atoms with van der Waals surface area (Å²) >= 11 is 0. The van der Waals surface area contributed by atoms with Crippen molar-refractivity contribution in [3.63, 3.8) is 0 Å². The van der Waals surface area contributed by atoms with Gasteiger partial charge in [0.05, 0.1) is 0 Å². The van der Waals surface area contributed by atoms with Crippen LogP contribution in [0.1, 0.15) is 34.1 Å². The van der Waals surface area contributed by atoms with E-state index in [0.29, 0.717) is 0 Å². The minimum absolute atomic E-state index is 0.0612. The summed E-state index contributed by atoms with van der Waals surface area (Å²) in [7, 11) is 1.73. The Labute approximate surface area is 87.0 Å². The Balaban J connectivity index is 2.87. The third kappa shape index (κ3) is 2.38. The Morgan fingerprint density at radius 1 is 1.43 bits per heavy atom. The molecule has 0 radical (unpaired) electrons. The normalized spacial score (nSPS) is 22.5. The van der Waals surface area contributed by atoms with E-state index in [0.717, 1.165) is 6.42 Å². The summed E-state index contributed by atoms with van der Waals surface area (Å²) in [5.74, 6) is 0. The quantitative estimate of drug-likeness (QED) is 0.731. The number of hydrogen-bond acceptors (Lipinski definition) is 2. The molecular weight excluding hydrogens is 174 g/mol. The van der Waals surface area contributed by atoms with Gasteiger partial charge in [-0.1, -0.05) is 33.8 Å². The van der Waals surface area contributed by atoms with Gasteiger partial charge in [-0.15, -0.1) is 0 Å². The van der Waals surface area contributed by atoms with Crippen LogP contribution in [0, 0.1) is 5.41 Å². The summed E-state index contributed by atoms with van der Waals surface area (Å²) in [4.78, 5) is 0. The Bertz CT molecular complexity index is 258. The maximum absolute atomic E-state index is 5.33. The van der Waals surface area contributed by atoms with Crippen molar-refractivity contribution in [1.29, 1.82) is 0 Å². The lowest BCUT2D eigenvalue weighted by molar-refractivity contribution is 0.110. The van der Waals surface area contributed by atoms with Crippen LogP contribution in [0.15, 0.2) is 23.4 Å². The second-order valence-electron chi connectivity index (χ2n) is 4.70. The third-order valence-electron chi connectivity index (χ3n) is 2.58. The van der Waals surface area contributed by atoms with Crippen LogP contribution in [0.4, 0.5) is 0 Å². The van der Waals surface area contributed by atoms with Crippen LogP contribution >= 0.6 is 0 Å². The van der Waals surface area contributed by atoms with Crippen LogP contribution in [0.3, 0.4) is 0 Å². The molecule has 0 saturated carbocycles. The molecule has 2 heteroatoms. The summed E-state index contributed by atoms with van der Waals surface area (Å²) in [6.45, 7) is 8.82. The van der Waals surface area contributed by atoms with Crippen LogP contribution in [-0.2, 0) is 4.74 Å². The molecule has 1 heterocycles. The van der Waals surface area contributed by atoms with Gasteiger partial charge in [0.1, 0.15) is 6.23 Å². The monoisotopic (exact) mass is 195 g/mol. The Morgan fingerprint density at radius 2 is 2.07 bits per heavy atom. The van der Waals surface area contributed by atoms with Crippen molar-refractivity contribution in [2.75, 3.05) is 7.11 Å². The van der Waals surface area contributed by atoms with E-state index in [4.69, 9.17) is 4.74 Å². The lowest BCUT2D eigenvalue weighted by Gasteiger charge is -2.29. The number of ether oxygens (including phenoxy) is 1. The van der Waals surface area contributed by atoms with Gasteiger partial charge in [-0.25, -0.2) is 0 Å². The van der Waals surface area contributed by atoms with Gasteiger partial charge in [-0.05, 0) is 23.0 Å². The van der Waals surface area contributed by atoms with Gasteiger partial charge in [0.15, 0.2) is 0 Å². The van der Waals surface area contributed by atoms with Crippen LogP contribution < -0.4 is 5.32 Å². The average molecular weight is 195 g/mol. The van der Waals surface area contributed by atoms with Crippen molar-refractivity contribution in [2.24, 2.45) is 5.41 Å². The van der Waals surface area contributed by atoms with E-state index >= 15 is 0 Å². The Kier molecular flexibility index (Phi) is 3.38. The second-order valence-corrected chi connectivity index (χ2v) is 4.70. The molecule has 0 bridgehead atoms. The summed E-state index contributed by atoms with van der Waals surface area (Å²) in [5, 5.41) is 3.27. The van der Waals surface area contributed by atoms with Crippen molar-refractivity contribution in [1.82, 2.24) is 5.32 Å². The fourth-order valence-electron chi connectivity index (χ4n) is 1.53. The molecule has 0 spiro atoms. The van der Waals surface area contributed by atoms with Crippen LogP contribution in [0.5, 0.6) is 0 Å². The van der Waals surface area contributed by atoms with Gasteiger partial charge < -0.3 is 10.1 Å². The maximum atomic E-state index is 5.33. The van der Waals surface area contributed by atoms with Gasteiger partial charge in [0.25, 0.3) is 0 Å². The van der Waals surface area contributed by atoms with Crippen molar-refractivity contribution >= 4 is 0 Å². The number of nitrogens with one attached hydrogen (secondary N) is 1. The predicted octanol–water partition coefficient (Wildman–Crippen LogP) is 2.83. The lowest BCUT2D eigenvalue weighted by atomic mass is 9.84. The largest absolute Gasteiger partial charge is 0.362 e. The second kappa shape index (κ2) is 4.18. The van der Waals surface area contributed by atoms with E-state index in [9.17, 15) is 0 Å². The van der Waals surface area contributed by atoms with E-state index < -0.39 is 0 Å². The molecule has 0 amide bonds. The highest BCUT2D eigenvalue weighted by atomic mass is 16.5. The zero-order valence-electron chi connectivity index (χ0n) is 9.85. The first kappa shape index (κ1) is 11.3. The predicted molar refractivity (Wildman–Crippen MR) is 59.8 cm³/mol. The van der Waals surface area contributed by atoms with E-state index in [1.807, 2.05) is 0 Å². The SMILES string of the molecule is CCC1=CC(C(C)(C)C)=CNC1OC. The third-order valence-corrected chi connectivity index (χ3v) is 2.58. The van der Waals surface area contributed by atoms with Gasteiger partial charge in [-0.2, -0.15) is 0 Å². The highest BCUT2D eigenvalue weighted by Gasteiger charge is 2.21. The number of dihydropyridines is 1. The topological polar surface area (TPSA) is 21.3 Å². The smallest absolute Gasteiger partial charge is 0.149 e. The van der Waals surface area contributed by atoms with Gasteiger partial charge in [0, 0.05) is 13.3 Å². The number of methoxy groups -OCH3 is 1. The highest BCUT2D eigenvalue weighted by Crippen LogP contribution is 2.30. The molecule has 0 aromatic rings. The molecular formula is C12H21NO. The minimum atomic E-state index is 0.0612. The van der Waals surface area contributed by atoms with Gasteiger partial charge >= 0.3 is 0 Å². The van der Waals surface area contributed by atoms with Crippen LogP contribution in [-0.4, -0.2) is 13.3 Å². The van der Waals surface area contributed by atoms with E-state index in [-0.39, 0.29) is 11.6 Å². The molecule has 1 unspecified atom stereocenters. The standard InChI is InChI=1S/C12H21NO/c1-6-9-7-10(12(2,3)4)8-13-11(9)14-5/h7-8,11,13H,6H2,1-5H3. The summed E-state index contributed by atoms with van der Waals surface area (Å²) in [6, 6.07) is 0.